The van der Waals surface area contributed by atoms with Gasteiger partial charge in [0.15, 0.2) is 0 Å². The minimum absolute atomic E-state index is 0.0310. The van der Waals surface area contributed by atoms with Gasteiger partial charge in [-0.25, -0.2) is 4.98 Å². The number of imidazole rings is 1. The minimum Gasteiger partial charge on any atom is -0.360 e. The van der Waals surface area contributed by atoms with Crippen molar-refractivity contribution >= 4 is 16.7 Å². The lowest BCUT2D eigenvalue weighted by molar-refractivity contribution is 0.716. The number of aryl methyl sites for hydroxylation is 2. The van der Waals surface area contributed by atoms with E-state index < -0.39 is 0 Å². The van der Waals surface area contributed by atoms with Crippen molar-refractivity contribution in [2.24, 2.45) is 0 Å². The van der Waals surface area contributed by atoms with Gasteiger partial charge in [-0.2, -0.15) is 10.5 Å². The molecule has 5 nitrogen and oxygen atoms in total. The fourth-order valence-electron chi connectivity index (χ4n) is 2.47. The molecule has 0 saturated heterocycles. The van der Waals surface area contributed by atoms with Crippen LogP contribution in [0, 0.1) is 22.7 Å². The number of hydrogen-bond donors (Lipinski definition) is 1. The Kier molecular flexibility index (Phi) is 4.55. The van der Waals surface area contributed by atoms with Crippen LogP contribution >= 0.6 is 0 Å². The van der Waals surface area contributed by atoms with E-state index in [0.29, 0.717) is 0 Å². The molecule has 0 radical (unpaired) electrons. The maximum absolute atomic E-state index is 8.74. The monoisotopic (exact) mass is 313 g/mol. The van der Waals surface area contributed by atoms with Crippen molar-refractivity contribution in [2.75, 3.05) is 5.32 Å². The van der Waals surface area contributed by atoms with E-state index in [1.54, 1.807) is 0 Å². The van der Waals surface area contributed by atoms with E-state index in [2.05, 4.69) is 27.0 Å². The number of fused-ring (bicyclic) bond motifs is 1. The molecule has 1 aromatic heterocycles. The predicted octanol–water partition coefficient (Wildman–Crippen LogP) is 3.62. The first-order valence-corrected chi connectivity index (χ1v) is 7.56. The summed E-state index contributed by atoms with van der Waals surface area (Å²) in [6.07, 6.45) is 4.18. The Balaban J connectivity index is 1.75. The largest absolute Gasteiger partial charge is 0.360 e. The molecule has 3 aromatic rings. The van der Waals surface area contributed by atoms with E-state index in [4.69, 9.17) is 10.5 Å². The maximum Gasteiger partial charge on any atom is 0.145 e. The lowest BCUT2D eigenvalue weighted by Gasteiger charge is -2.05. The van der Waals surface area contributed by atoms with E-state index in [1.165, 1.54) is 11.8 Å². The number of rotatable bonds is 5. The normalized spacial score (nSPS) is 9.92. The Morgan fingerprint density at radius 2 is 1.92 bits per heavy atom. The smallest absolute Gasteiger partial charge is 0.145 e. The number of benzene rings is 2. The molecule has 24 heavy (non-hydrogen) atoms. The van der Waals surface area contributed by atoms with E-state index in [0.717, 1.165) is 29.7 Å². The highest BCUT2D eigenvalue weighted by Gasteiger charge is 2.04. The summed E-state index contributed by atoms with van der Waals surface area (Å²) in [5, 5.41) is 20.4. The fourth-order valence-corrected chi connectivity index (χ4v) is 2.47. The third-order valence-corrected chi connectivity index (χ3v) is 3.73. The lowest BCUT2D eigenvalue weighted by atomic mass is 10.1. The molecule has 0 aliphatic heterocycles. The number of nitrogens with one attached hydrogen (secondary N) is 1. The van der Waals surface area contributed by atoms with Crippen LogP contribution in [-0.2, 0) is 13.0 Å². The molecule has 1 N–H and O–H groups in total. The summed E-state index contributed by atoms with van der Waals surface area (Å²) in [6.45, 7) is 0.861. The van der Waals surface area contributed by atoms with Gasteiger partial charge in [0.25, 0.3) is 0 Å². The molecule has 0 aliphatic carbocycles. The van der Waals surface area contributed by atoms with Gasteiger partial charge in [-0.3, -0.25) is 0 Å². The Hall–Kier alpha value is -3.57. The second-order valence-electron chi connectivity index (χ2n) is 5.30. The molecule has 116 valence electrons. The summed E-state index contributed by atoms with van der Waals surface area (Å²) < 4.78 is 2.12. The number of anilines is 1. The highest BCUT2D eigenvalue weighted by Crippen LogP contribution is 2.19. The van der Waals surface area contributed by atoms with E-state index in [-0.39, 0.29) is 5.57 Å². The Labute approximate surface area is 140 Å². The van der Waals surface area contributed by atoms with Crippen LogP contribution in [-0.4, -0.2) is 9.55 Å². The van der Waals surface area contributed by atoms with E-state index >= 15 is 0 Å². The molecule has 0 spiro atoms. The van der Waals surface area contributed by atoms with Crippen LogP contribution in [0.2, 0.25) is 0 Å². The van der Waals surface area contributed by atoms with E-state index in [1.807, 2.05) is 54.9 Å². The van der Waals surface area contributed by atoms with Crippen molar-refractivity contribution in [3.05, 3.63) is 72.2 Å². The standard InChI is InChI=1S/C19H15N5/c20-11-16(12-21)13-22-17-6-7-19-18(10-17)23-14-24(19)9-8-15-4-2-1-3-5-15/h1-7,10,13-14,22H,8-9H2. The molecule has 0 amide bonds. The van der Waals surface area contributed by atoms with Gasteiger partial charge < -0.3 is 9.88 Å². The van der Waals surface area contributed by atoms with Gasteiger partial charge in [0.1, 0.15) is 17.7 Å². The quantitative estimate of drug-likeness (QED) is 0.730. The van der Waals surface area contributed by atoms with Gasteiger partial charge in [-0.15, -0.1) is 0 Å². The second kappa shape index (κ2) is 7.13. The minimum atomic E-state index is 0.0310. The Morgan fingerprint density at radius 3 is 2.67 bits per heavy atom. The van der Waals surface area contributed by atoms with Crippen LogP contribution in [0.25, 0.3) is 11.0 Å². The fraction of sp³-hybridized carbons (Fsp3) is 0.105. The highest BCUT2D eigenvalue weighted by atomic mass is 15.0. The molecule has 0 unspecified atom stereocenters. The number of aromatic nitrogens is 2. The van der Waals surface area contributed by atoms with Crippen molar-refractivity contribution in [3.8, 4) is 12.1 Å². The summed E-state index contributed by atoms with van der Waals surface area (Å²) in [6, 6.07) is 19.8. The van der Waals surface area contributed by atoms with Crippen LogP contribution in [0.1, 0.15) is 5.56 Å². The third kappa shape index (κ3) is 3.43. The first-order chi connectivity index (χ1) is 11.8. The summed E-state index contributed by atoms with van der Waals surface area (Å²) >= 11 is 0. The number of allylic oxidation sites excluding steroid dienone is 1. The van der Waals surface area contributed by atoms with Crippen molar-refractivity contribution < 1.29 is 0 Å². The molecule has 0 fully saturated rings. The molecule has 3 rings (SSSR count). The highest BCUT2D eigenvalue weighted by molar-refractivity contribution is 5.79. The summed E-state index contributed by atoms with van der Waals surface area (Å²) in [7, 11) is 0. The van der Waals surface area contributed by atoms with Crippen molar-refractivity contribution in [3.63, 3.8) is 0 Å². The van der Waals surface area contributed by atoms with Crippen molar-refractivity contribution in [2.45, 2.75) is 13.0 Å². The zero-order chi connectivity index (χ0) is 16.8. The van der Waals surface area contributed by atoms with Crippen molar-refractivity contribution in [1.29, 1.82) is 10.5 Å². The van der Waals surface area contributed by atoms with Gasteiger partial charge in [-0.05, 0) is 30.2 Å². The SMILES string of the molecule is N#CC(C#N)=CNc1ccc2c(c1)ncn2CCc1ccccc1. The molecule has 0 bridgehead atoms. The average molecular weight is 313 g/mol. The summed E-state index contributed by atoms with van der Waals surface area (Å²) in [5.41, 5.74) is 4.05. The lowest BCUT2D eigenvalue weighted by Crippen LogP contribution is -1.99. The topological polar surface area (TPSA) is 77.4 Å². The predicted molar refractivity (Wildman–Crippen MR) is 92.8 cm³/mol. The molecule has 1 heterocycles. The van der Waals surface area contributed by atoms with Crippen LogP contribution in [0.4, 0.5) is 5.69 Å². The van der Waals surface area contributed by atoms with Gasteiger partial charge >= 0.3 is 0 Å². The summed E-state index contributed by atoms with van der Waals surface area (Å²) in [4.78, 5) is 4.43. The summed E-state index contributed by atoms with van der Waals surface area (Å²) in [5.74, 6) is 0. The Morgan fingerprint density at radius 1 is 1.12 bits per heavy atom. The average Bonchev–Trinajstić information content (AvgIpc) is 3.04. The van der Waals surface area contributed by atoms with Gasteiger partial charge in [0, 0.05) is 18.4 Å². The third-order valence-electron chi connectivity index (χ3n) is 3.73. The molecule has 2 aromatic carbocycles. The van der Waals surface area contributed by atoms with Crippen LogP contribution in [0.5, 0.6) is 0 Å². The molecule has 0 aliphatic rings. The molecule has 5 heteroatoms. The zero-order valence-corrected chi connectivity index (χ0v) is 13.0. The van der Waals surface area contributed by atoms with E-state index in [9.17, 15) is 0 Å². The first kappa shape index (κ1) is 15.3. The first-order valence-electron chi connectivity index (χ1n) is 7.56. The van der Waals surface area contributed by atoms with Crippen molar-refractivity contribution in [1.82, 2.24) is 9.55 Å². The van der Waals surface area contributed by atoms with Gasteiger partial charge in [0.2, 0.25) is 0 Å². The number of nitrogens with zero attached hydrogens (tertiary/aromatic N) is 4. The van der Waals surface area contributed by atoms with Crippen LogP contribution < -0.4 is 5.32 Å². The van der Waals surface area contributed by atoms with Crippen LogP contribution in [0.15, 0.2) is 66.6 Å². The number of hydrogen-bond acceptors (Lipinski definition) is 4. The molecule has 0 saturated carbocycles. The molecular formula is C19H15N5. The van der Waals surface area contributed by atoms with Gasteiger partial charge in [-0.1, -0.05) is 30.3 Å². The second-order valence-corrected chi connectivity index (χ2v) is 5.30. The molecule has 0 atom stereocenters. The van der Waals surface area contributed by atoms with Gasteiger partial charge in [0.05, 0.1) is 17.4 Å². The maximum atomic E-state index is 8.74. The van der Waals surface area contributed by atoms with Crippen LogP contribution in [0.3, 0.4) is 0 Å². The number of nitriles is 2. The Bertz CT molecular complexity index is 939. The molecular weight excluding hydrogens is 298 g/mol. The zero-order valence-electron chi connectivity index (χ0n) is 13.0.